The van der Waals surface area contributed by atoms with Crippen molar-refractivity contribution < 1.29 is 4.74 Å². The minimum absolute atomic E-state index is 0.259. The molecular formula is C6H12N2O. The monoisotopic (exact) mass is 128 g/mol. The van der Waals surface area contributed by atoms with Crippen LogP contribution in [-0.2, 0) is 4.74 Å². The molecule has 0 aromatic heterocycles. The van der Waals surface area contributed by atoms with Gasteiger partial charge < -0.3 is 10.5 Å². The second-order valence-electron chi connectivity index (χ2n) is 2.21. The Labute approximate surface area is 54.9 Å². The first kappa shape index (κ1) is 6.39. The van der Waals surface area contributed by atoms with E-state index in [1.807, 2.05) is 0 Å². The number of amidine groups is 1. The van der Waals surface area contributed by atoms with E-state index in [4.69, 9.17) is 10.5 Å². The molecule has 0 amide bonds. The van der Waals surface area contributed by atoms with E-state index in [1.165, 1.54) is 0 Å². The first-order valence-electron chi connectivity index (χ1n) is 3.29. The molecule has 9 heavy (non-hydrogen) atoms. The molecule has 0 fully saturated rings. The van der Waals surface area contributed by atoms with Crippen molar-refractivity contribution in [1.29, 1.82) is 0 Å². The Hall–Kier alpha value is -0.730. The molecule has 2 N–H and O–H groups in total. The van der Waals surface area contributed by atoms with E-state index < -0.39 is 0 Å². The summed E-state index contributed by atoms with van der Waals surface area (Å²) in [5.74, 6) is 0. The summed E-state index contributed by atoms with van der Waals surface area (Å²) >= 11 is 0. The summed E-state index contributed by atoms with van der Waals surface area (Å²) in [5.41, 5.74) is 5.28. The van der Waals surface area contributed by atoms with Crippen molar-refractivity contribution in [2.75, 3.05) is 6.54 Å². The first-order chi connectivity index (χ1) is 4.33. The third-order valence-corrected chi connectivity index (χ3v) is 1.35. The zero-order valence-electron chi connectivity index (χ0n) is 5.63. The number of nitrogens with two attached hydrogens (primary N) is 1. The predicted octanol–water partition coefficient (Wildman–Crippen LogP) is 0.500. The highest BCUT2D eigenvalue weighted by atomic mass is 16.5. The van der Waals surface area contributed by atoms with Gasteiger partial charge in [-0.15, -0.1) is 0 Å². The number of nitrogens with zero attached hydrogens (tertiary/aromatic N) is 1. The van der Waals surface area contributed by atoms with Crippen molar-refractivity contribution in [3.05, 3.63) is 0 Å². The lowest BCUT2D eigenvalue weighted by Crippen LogP contribution is -2.17. The Morgan fingerprint density at radius 2 is 2.67 bits per heavy atom. The average Bonchev–Trinajstić information content (AvgIpc) is 2.17. The van der Waals surface area contributed by atoms with Gasteiger partial charge in [0.25, 0.3) is 6.02 Å². The topological polar surface area (TPSA) is 47.6 Å². The van der Waals surface area contributed by atoms with Crippen molar-refractivity contribution in [3.63, 3.8) is 0 Å². The third-order valence-electron chi connectivity index (χ3n) is 1.35. The van der Waals surface area contributed by atoms with Crippen LogP contribution in [-0.4, -0.2) is 18.7 Å². The highest BCUT2D eigenvalue weighted by Gasteiger charge is 2.15. The smallest absolute Gasteiger partial charge is 0.282 e. The molecule has 1 rings (SSSR count). The van der Waals surface area contributed by atoms with Crippen molar-refractivity contribution in [2.24, 2.45) is 10.7 Å². The molecule has 0 bridgehead atoms. The van der Waals surface area contributed by atoms with Crippen molar-refractivity contribution >= 4 is 6.02 Å². The number of aliphatic imine (C=N–C) groups is 1. The Bertz CT molecular complexity index is 122. The predicted molar refractivity (Wildman–Crippen MR) is 36.3 cm³/mol. The Balaban J connectivity index is 2.21. The average molecular weight is 128 g/mol. The largest absolute Gasteiger partial charge is 0.460 e. The molecule has 1 aliphatic rings. The lowest BCUT2D eigenvalue weighted by Gasteiger charge is -2.05. The molecule has 0 radical (unpaired) electrons. The van der Waals surface area contributed by atoms with E-state index in [1.54, 1.807) is 0 Å². The van der Waals surface area contributed by atoms with Gasteiger partial charge >= 0.3 is 0 Å². The van der Waals surface area contributed by atoms with Gasteiger partial charge in [0.15, 0.2) is 0 Å². The van der Waals surface area contributed by atoms with Crippen LogP contribution in [0.3, 0.4) is 0 Å². The zero-order chi connectivity index (χ0) is 6.69. The normalized spacial score (nSPS) is 25.4. The fourth-order valence-electron chi connectivity index (χ4n) is 0.909. The van der Waals surface area contributed by atoms with Crippen LogP contribution in [0.5, 0.6) is 0 Å². The van der Waals surface area contributed by atoms with Crippen LogP contribution in [0.1, 0.15) is 19.8 Å². The van der Waals surface area contributed by atoms with E-state index in [-0.39, 0.29) is 6.10 Å². The molecule has 0 saturated carbocycles. The van der Waals surface area contributed by atoms with Gasteiger partial charge in [-0.3, -0.25) is 0 Å². The Kier molecular flexibility index (Phi) is 1.92. The van der Waals surface area contributed by atoms with Crippen molar-refractivity contribution in [1.82, 2.24) is 0 Å². The van der Waals surface area contributed by atoms with Gasteiger partial charge in [-0.25, -0.2) is 4.99 Å². The number of hydrogen-bond donors (Lipinski definition) is 1. The fraction of sp³-hybridized carbons (Fsp3) is 0.833. The van der Waals surface area contributed by atoms with E-state index in [2.05, 4.69) is 11.9 Å². The summed E-state index contributed by atoms with van der Waals surface area (Å²) in [4.78, 5) is 3.91. The van der Waals surface area contributed by atoms with Crippen LogP contribution in [0.4, 0.5) is 0 Å². The van der Waals surface area contributed by atoms with E-state index in [0.717, 1.165) is 19.4 Å². The highest BCUT2D eigenvalue weighted by Crippen LogP contribution is 2.07. The minimum Gasteiger partial charge on any atom is -0.460 e. The number of hydrogen-bond acceptors (Lipinski definition) is 3. The second-order valence-corrected chi connectivity index (χ2v) is 2.21. The number of ether oxygens (including phenoxy) is 1. The lowest BCUT2D eigenvalue weighted by atomic mass is 10.2. The molecule has 0 aromatic rings. The van der Waals surface area contributed by atoms with Crippen LogP contribution in [0, 0.1) is 0 Å². The van der Waals surface area contributed by atoms with Crippen molar-refractivity contribution in [2.45, 2.75) is 25.9 Å². The van der Waals surface area contributed by atoms with Crippen molar-refractivity contribution in [3.8, 4) is 0 Å². The maximum atomic E-state index is 5.28. The summed E-state index contributed by atoms with van der Waals surface area (Å²) < 4.78 is 5.13. The standard InChI is InChI=1S/C6H12N2O/c1-2-3-5-4-8-6(7)9-5/h5H,2-4H2,1H3,(H2,7,8). The van der Waals surface area contributed by atoms with Crippen LogP contribution in [0.2, 0.25) is 0 Å². The minimum atomic E-state index is 0.259. The summed E-state index contributed by atoms with van der Waals surface area (Å²) in [6, 6.07) is 0.355. The molecule has 0 aliphatic carbocycles. The van der Waals surface area contributed by atoms with Gasteiger partial charge in [0, 0.05) is 0 Å². The maximum Gasteiger partial charge on any atom is 0.282 e. The summed E-state index contributed by atoms with van der Waals surface area (Å²) in [7, 11) is 0. The van der Waals surface area contributed by atoms with Gasteiger partial charge in [0.1, 0.15) is 6.10 Å². The van der Waals surface area contributed by atoms with Gasteiger partial charge in [0.05, 0.1) is 6.54 Å². The molecule has 1 atom stereocenters. The quantitative estimate of drug-likeness (QED) is 0.588. The SMILES string of the molecule is CCCC1CN=C(N)O1. The third kappa shape index (κ3) is 1.59. The highest BCUT2D eigenvalue weighted by molar-refractivity contribution is 5.72. The van der Waals surface area contributed by atoms with Crippen LogP contribution in [0.25, 0.3) is 0 Å². The van der Waals surface area contributed by atoms with Gasteiger partial charge in [-0.2, -0.15) is 0 Å². The molecule has 0 saturated heterocycles. The van der Waals surface area contributed by atoms with Crippen LogP contribution < -0.4 is 5.73 Å². The molecule has 1 aliphatic heterocycles. The summed E-state index contributed by atoms with van der Waals surface area (Å²) in [5, 5.41) is 0. The van der Waals surface area contributed by atoms with Crippen LogP contribution in [0.15, 0.2) is 4.99 Å². The Morgan fingerprint density at radius 1 is 1.89 bits per heavy atom. The van der Waals surface area contributed by atoms with Gasteiger partial charge in [-0.05, 0) is 6.42 Å². The van der Waals surface area contributed by atoms with Gasteiger partial charge in [0.2, 0.25) is 0 Å². The van der Waals surface area contributed by atoms with Gasteiger partial charge in [-0.1, -0.05) is 13.3 Å². The van der Waals surface area contributed by atoms with E-state index in [9.17, 15) is 0 Å². The molecule has 0 spiro atoms. The lowest BCUT2D eigenvalue weighted by molar-refractivity contribution is 0.209. The molecule has 3 heteroatoms. The van der Waals surface area contributed by atoms with E-state index >= 15 is 0 Å². The molecule has 0 aromatic carbocycles. The number of rotatable bonds is 2. The molecule has 52 valence electrons. The Morgan fingerprint density at radius 3 is 3.11 bits per heavy atom. The summed E-state index contributed by atoms with van der Waals surface area (Å²) in [6.07, 6.45) is 2.45. The maximum absolute atomic E-state index is 5.28. The summed E-state index contributed by atoms with van der Waals surface area (Å²) in [6.45, 7) is 2.87. The fourth-order valence-corrected chi connectivity index (χ4v) is 0.909. The second kappa shape index (κ2) is 2.71. The molecular weight excluding hydrogens is 116 g/mol. The molecule has 1 heterocycles. The first-order valence-corrected chi connectivity index (χ1v) is 3.29. The van der Waals surface area contributed by atoms with E-state index in [0.29, 0.717) is 6.02 Å². The molecule has 1 unspecified atom stereocenters. The molecule has 3 nitrogen and oxygen atoms in total. The van der Waals surface area contributed by atoms with Crippen LogP contribution >= 0.6 is 0 Å². The zero-order valence-corrected chi connectivity index (χ0v) is 5.63.